The number of carbonyl (C=O) groups excluding carboxylic acids is 3. The van der Waals surface area contributed by atoms with E-state index in [4.69, 9.17) is 22.1 Å². The number of ether oxygens (including phenoxy) is 1. The van der Waals surface area contributed by atoms with Crippen molar-refractivity contribution in [1.82, 2.24) is 15.1 Å². The summed E-state index contributed by atoms with van der Waals surface area (Å²) in [6, 6.07) is 7.83. The third-order valence-electron chi connectivity index (χ3n) is 3.70. The van der Waals surface area contributed by atoms with Gasteiger partial charge in [-0.1, -0.05) is 17.7 Å². The van der Waals surface area contributed by atoms with Gasteiger partial charge in [-0.25, -0.2) is 14.3 Å². The fourth-order valence-corrected chi connectivity index (χ4v) is 3.68. The monoisotopic (exact) mass is 406 g/mol. The number of amides is 3. The lowest BCUT2D eigenvalue weighted by Gasteiger charge is -2.10. The number of primary amides is 1. The summed E-state index contributed by atoms with van der Waals surface area (Å²) in [7, 11) is 0. The Kier molecular flexibility index (Phi) is 5.15. The zero-order valence-corrected chi connectivity index (χ0v) is 15.9. The van der Waals surface area contributed by atoms with Crippen LogP contribution in [0.3, 0.4) is 0 Å². The molecule has 1 atom stereocenters. The first-order valence-electron chi connectivity index (χ1n) is 7.82. The third kappa shape index (κ3) is 3.93. The fourth-order valence-electron chi connectivity index (χ4n) is 2.43. The number of esters is 1. The van der Waals surface area contributed by atoms with Crippen LogP contribution in [0.5, 0.6) is 0 Å². The second-order valence-corrected chi connectivity index (χ2v) is 7.17. The molecule has 27 heavy (non-hydrogen) atoms. The second-order valence-electron chi connectivity index (χ2n) is 5.71. The lowest BCUT2D eigenvalue weighted by Crippen LogP contribution is -2.42. The van der Waals surface area contributed by atoms with Crippen molar-refractivity contribution in [2.75, 3.05) is 0 Å². The number of carbonyl (C=O) groups is 3. The Bertz CT molecular complexity index is 1060. The Morgan fingerprint density at radius 3 is 2.74 bits per heavy atom. The van der Waals surface area contributed by atoms with Gasteiger partial charge in [-0.15, -0.1) is 11.3 Å². The van der Waals surface area contributed by atoms with Gasteiger partial charge in [0, 0.05) is 10.4 Å². The van der Waals surface area contributed by atoms with Crippen LogP contribution in [0.2, 0.25) is 5.02 Å². The Morgan fingerprint density at radius 2 is 2.07 bits per heavy atom. The number of hydrogen-bond donors (Lipinski definition) is 2. The molecule has 10 heteroatoms. The summed E-state index contributed by atoms with van der Waals surface area (Å²) in [5.41, 5.74) is 6.38. The van der Waals surface area contributed by atoms with Crippen LogP contribution in [-0.4, -0.2) is 33.8 Å². The molecule has 0 saturated heterocycles. The Labute approximate surface area is 162 Å². The van der Waals surface area contributed by atoms with Crippen LogP contribution in [-0.2, 0) is 9.53 Å². The van der Waals surface area contributed by atoms with Crippen molar-refractivity contribution in [3.05, 3.63) is 45.9 Å². The van der Waals surface area contributed by atoms with Crippen molar-refractivity contribution >= 4 is 51.1 Å². The molecule has 0 unspecified atom stereocenters. The van der Waals surface area contributed by atoms with Gasteiger partial charge < -0.3 is 10.5 Å². The van der Waals surface area contributed by atoms with Gasteiger partial charge in [0.1, 0.15) is 9.71 Å². The van der Waals surface area contributed by atoms with Crippen molar-refractivity contribution in [2.24, 2.45) is 5.73 Å². The summed E-state index contributed by atoms with van der Waals surface area (Å²) in [6.45, 7) is 3.18. The predicted molar refractivity (Wildman–Crippen MR) is 101 cm³/mol. The number of halogens is 1. The van der Waals surface area contributed by atoms with Gasteiger partial charge in [0.15, 0.2) is 6.10 Å². The standard InChI is InChI=1S/C17H15ClN4O4S/c1-8-12-7-13(16(24)26-9(2)14(23)20-17(19)25)27-15(12)22(21-8)11-5-3-4-10(18)6-11/h3-7,9H,1-2H3,(H3,19,20,23,25)/t9-/m1/s1. The number of thiophene rings is 1. The quantitative estimate of drug-likeness (QED) is 0.646. The maximum absolute atomic E-state index is 12.4. The number of imide groups is 1. The second kappa shape index (κ2) is 7.37. The molecule has 0 bridgehead atoms. The maximum Gasteiger partial charge on any atom is 0.349 e. The molecule has 0 aliphatic heterocycles. The molecule has 3 amide bonds. The van der Waals surface area contributed by atoms with Gasteiger partial charge in [-0.2, -0.15) is 5.10 Å². The average molecular weight is 407 g/mol. The number of aryl methyl sites for hydroxylation is 1. The summed E-state index contributed by atoms with van der Waals surface area (Å²) >= 11 is 7.23. The first kappa shape index (κ1) is 18.9. The predicted octanol–water partition coefficient (Wildman–Crippen LogP) is 2.79. The highest BCUT2D eigenvalue weighted by molar-refractivity contribution is 7.20. The Morgan fingerprint density at radius 1 is 1.33 bits per heavy atom. The number of fused-ring (bicyclic) bond motifs is 1. The lowest BCUT2D eigenvalue weighted by molar-refractivity contribution is -0.127. The van der Waals surface area contributed by atoms with Gasteiger partial charge in [0.25, 0.3) is 5.91 Å². The van der Waals surface area contributed by atoms with Crippen LogP contribution in [0.25, 0.3) is 15.9 Å². The van der Waals surface area contributed by atoms with E-state index in [2.05, 4.69) is 5.10 Å². The highest BCUT2D eigenvalue weighted by Crippen LogP contribution is 2.31. The third-order valence-corrected chi connectivity index (χ3v) is 5.02. The Balaban J connectivity index is 1.89. The number of benzene rings is 1. The molecule has 2 aromatic heterocycles. The molecule has 140 valence electrons. The largest absolute Gasteiger partial charge is 0.448 e. The minimum absolute atomic E-state index is 0.306. The molecular formula is C17H15ClN4O4S. The number of urea groups is 1. The van der Waals surface area contributed by atoms with Crippen LogP contribution in [0.4, 0.5) is 4.79 Å². The minimum atomic E-state index is -1.17. The van der Waals surface area contributed by atoms with Crippen LogP contribution in [0.1, 0.15) is 22.3 Å². The van der Waals surface area contributed by atoms with E-state index >= 15 is 0 Å². The van der Waals surface area contributed by atoms with Gasteiger partial charge in [-0.3, -0.25) is 10.1 Å². The number of nitrogens with zero attached hydrogens (tertiary/aromatic N) is 2. The molecule has 0 spiro atoms. The highest BCUT2D eigenvalue weighted by Gasteiger charge is 2.23. The number of nitrogens with one attached hydrogen (secondary N) is 1. The summed E-state index contributed by atoms with van der Waals surface area (Å²) in [6.07, 6.45) is -1.17. The smallest absolute Gasteiger partial charge is 0.349 e. The SMILES string of the molecule is Cc1nn(-c2cccc(Cl)c2)c2sc(C(=O)O[C@H](C)C(=O)NC(N)=O)cc12. The van der Waals surface area contributed by atoms with Gasteiger partial charge in [-0.05, 0) is 38.1 Å². The van der Waals surface area contributed by atoms with Crippen molar-refractivity contribution in [3.8, 4) is 5.69 Å². The zero-order valence-electron chi connectivity index (χ0n) is 14.4. The van der Waals surface area contributed by atoms with Crippen molar-refractivity contribution in [3.63, 3.8) is 0 Å². The summed E-state index contributed by atoms with van der Waals surface area (Å²) in [5.74, 6) is -1.47. The van der Waals surface area contributed by atoms with Crippen LogP contribution in [0.15, 0.2) is 30.3 Å². The molecule has 3 aromatic rings. The molecule has 0 saturated carbocycles. The number of hydrogen-bond acceptors (Lipinski definition) is 6. The molecule has 0 fully saturated rings. The zero-order chi connectivity index (χ0) is 19.7. The van der Waals surface area contributed by atoms with Crippen LogP contribution in [0, 0.1) is 6.92 Å². The Hall–Kier alpha value is -2.91. The van der Waals surface area contributed by atoms with Gasteiger partial charge in [0.2, 0.25) is 0 Å². The number of aromatic nitrogens is 2. The first-order valence-corrected chi connectivity index (χ1v) is 9.02. The summed E-state index contributed by atoms with van der Waals surface area (Å²) in [5, 5.41) is 7.71. The normalized spacial score (nSPS) is 12.0. The minimum Gasteiger partial charge on any atom is -0.448 e. The summed E-state index contributed by atoms with van der Waals surface area (Å²) in [4.78, 5) is 35.8. The number of rotatable bonds is 4. The molecule has 8 nitrogen and oxygen atoms in total. The maximum atomic E-state index is 12.4. The van der Waals surface area contributed by atoms with E-state index in [-0.39, 0.29) is 0 Å². The van der Waals surface area contributed by atoms with Gasteiger partial charge in [0.05, 0.1) is 11.4 Å². The van der Waals surface area contributed by atoms with Gasteiger partial charge >= 0.3 is 12.0 Å². The van der Waals surface area contributed by atoms with E-state index in [9.17, 15) is 14.4 Å². The fraction of sp³-hybridized carbons (Fsp3) is 0.176. The van der Waals surface area contributed by atoms with E-state index in [1.54, 1.807) is 22.9 Å². The molecular weight excluding hydrogens is 392 g/mol. The molecule has 2 heterocycles. The van der Waals surface area contributed by atoms with Crippen LogP contribution >= 0.6 is 22.9 Å². The van der Waals surface area contributed by atoms with Crippen molar-refractivity contribution in [1.29, 1.82) is 0 Å². The molecule has 0 aliphatic rings. The number of nitrogens with two attached hydrogens (primary N) is 1. The van der Waals surface area contributed by atoms with E-state index in [1.165, 1.54) is 18.3 Å². The molecule has 1 aromatic carbocycles. The topological polar surface area (TPSA) is 116 Å². The van der Waals surface area contributed by atoms with E-state index in [0.29, 0.717) is 9.90 Å². The molecule has 0 radical (unpaired) electrons. The molecule has 3 N–H and O–H groups in total. The van der Waals surface area contributed by atoms with E-state index < -0.39 is 24.0 Å². The van der Waals surface area contributed by atoms with Crippen molar-refractivity contribution in [2.45, 2.75) is 20.0 Å². The highest BCUT2D eigenvalue weighted by atomic mass is 35.5. The molecule has 3 rings (SSSR count). The molecule has 0 aliphatic carbocycles. The van der Waals surface area contributed by atoms with Crippen LogP contribution < -0.4 is 11.1 Å². The van der Waals surface area contributed by atoms with E-state index in [1.807, 2.05) is 24.4 Å². The average Bonchev–Trinajstić information content (AvgIpc) is 3.15. The first-order chi connectivity index (χ1) is 12.8. The summed E-state index contributed by atoms with van der Waals surface area (Å²) < 4.78 is 6.80. The van der Waals surface area contributed by atoms with E-state index in [0.717, 1.165) is 21.6 Å². The lowest BCUT2D eigenvalue weighted by atomic mass is 10.3. The van der Waals surface area contributed by atoms with Crippen molar-refractivity contribution < 1.29 is 19.1 Å².